The molecule has 8 rings (SSSR count). The Kier molecular flexibility index (Phi) is 12.5. The van der Waals surface area contributed by atoms with Gasteiger partial charge >= 0.3 is 6.18 Å². The second kappa shape index (κ2) is 18.0. The van der Waals surface area contributed by atoms with Crippen molar-refractivity contribution in [2.45, 2.75) is 41.1 Å². The summed E-state index contributed by atoms with van der Waals surface area (Å²) in [6, 6.07) is 25.3. The minimum atomic E-state index is -4.44. The van der Waals surface area contributed by atoms with Crippen LogP contribution in [0.2, 0.25) is 5.02 Å². The van der Waals surface area contributed by atoms with Crippen LogP contribution in [0.1, 0.15) is 28.2 Å². The van der Waals surface area contributed by atoms with E-state index in [1.807, 2.05) is 45.5 Å². The summed E-state index contributed by atoms with van der Waals surface area (Å²) >= 11 is 8.56. The average Bonchev–Trinajstić information content (AvgIpc) is 4.05. The van der Waals surface area contributed by atoms with Gasteiger partial charge in [0, 0.05) is 34.5 Å². The summed E-state index contributed by atoms with van der Waals surface area (Å²) in [5.74, 6) is 1.62. The molecular weight excluding hydrogens is 807 g/mol. The number of nitrogens with zero attached hydrogens (tertiary/aromatic N) is 8. The Hall–Kier alpha value is -5.78. The second-order valence-electron chi connectivity index (χ2n) is 12.0. The number of alkyl halides is 3. The van der Waals surface area contributed by atoms with E-state index >= 15 is 0 Å². The standard InChI is InChI=1S/C20H14ClF3N4OS.C19H14F2N4OS/c21-16-7-6-14(20(22,23)24)10-13(16)12-30-19-27-26-18(17-5-1-2-8-25-17)28(19)11-15-4-3-9-29-15;20-15-6-3-7-16(21)14(15)12-27-19-24-23-18(17-8-1-2-9-22-17)25(19)11-13-5-4-10-26-13/h1-10H,11-12H2;1-10H,11-12H2. The molecule has 0 fully saturated rings. The maximum absolute atomic E-state index is 13.9. The fourth-order valence-corrected chi connectivity index (χ4v) is 7.52. The van der Waals surface area contributed by atoms with Crippen LogP contribution >= 0.6 is 35.1 Å². The van der Waals surface area contributed by atoms with Crippen LogP contribution in [0.25, 0.3) is 23.0 Å². The Morgan fingerprint density at radius 2 is 1.16 bits per heavy atom. The third-order valence-electron chi connectivity index (χ3n) is 8.15. The molecule has 0 bridgehead atoms. The van der Waals surface area contributed by atoms with Gasteiger partial charge in [-0.15, -0.1) is 20.4 Å². The first-order chi connectivity index (χ1) is 27.6. The molecule has 0 atom stereocenters. The summed E-state index contributed by atoms with van der Waals surface area (Å²) in [5, 5.41) is 18.2. The fraction of sp³-hybridized carbons (Fsp3) is 0.128. The first-order valence-corrected chi connectivity index (χ1v) is 19.3. The van der Waals surface area contributed by atoms with Crippen LogP contribution in [0, 0.1) is 11.6 Å². The Labute approximate surface area is 335 Å². The summed E-state index contributed by atoms with van der Waals surface area (Å²) in [5.41, 5.74) is 0.910. The van der Waals surface area contributed by atoms with Crippen LogP contribution in [0.3, 0.4) is 0 Å². The van der Waals surface area contributed by atoms with Crippen LogP contribution in [0.15, 0.2) is 141 Å². The van der Waals surface area contributed by atoms with Gasteiger partial charge in [-0.1, -0.05) is 53.3 Å². The lowest BCUT2D eigenvalue weighted by Crippen LogP contribution is -2.06. The van der Waals surface area contributed by atoms with E-state index in [1.54, 1.807) is 49.2 Å². The van der Waals surface area contributed by atoms with E-state index in [0.29, 0.717) is 63.5 Å². The zero-order chi connectivity index (χ0) is 39.8. The van der Waals surface area contributed by atoms with Crippen molar-refractivity contribution in [2.75, 3.05) is 0 Å². The highest BCUT2D eigenvalue weighted by molar-refractivity contribution is 7.98. The number of halogens is 6. The van der Waals surface area contributed by atoms with Crippen molar-refractivity contribution < 1.29 is 30.8 Å². The SMILES string of the molecule is FC(F)(F)c1ccc(Cl)c(CSc2nnc(-c3ccccn3)n2Cc2ccco2)c1.Fc1cccc(F)c1CSc1nnc(-c2ccccn2)n1Cc1ccco1. The molecule has 57 heavy (non-hydrogen) atoms. The molecule has 18 heteroatoms. The maximum atomic E-state index is 13.9. The van der Waals surface area contributed by atoms with Gasteiger partial charge in [-0.05, 0) is 84.4 Å². The maximum Gasteiger partial charge on any atom is 0.416 e. The predicted molar refractivity (Wildman–Crippen MR) is 204 cm³/mol. The smallest absolute Gasteiger partial charge is 0.416 e. The number of pyridine rings is 2. The number of rotatable bonds is 12. The van der Waals surface area contributed by atoms with Crippen molar-refractivity contribution in [3.05, 3.63) is 167 Å². The monoisotopic (exact) mass is 834 g/mol. The van der Waals surface area contributed by atoms with Gasteiger partial charge in [-0.2, -0.15) is 13.2 Å². The van der Waals surface area contributed by atoms with E-state index in [-0.39, 0.29) is 22.1 Å². The molecule has 0 saturated heterocycles. The molecule has 8 aromatic rings. The zero-order valence-corrected chi connectivity index (χ0v) is 31.7. The predicted octanol–water partition coefficient (Wildman–Crippen LogP) is 10.5. The molecule has 0 radical (unpaired) electrons. The number of thioether (sulfide) groups is 2. The fourth-order valence-electron chi connectivity index (χ4n) is 5.37. The van der Waals surface area contributed by atoms with Crippen LogP contribution < -0.4 is 0 Å². The molecule has 0 unspecified atom stereocenters. The highest BCUT2D eigenvalue weighted by Crippen LogP contribution is 2.35. The number of hydrogen-bond donors (Lipinski definition) is 0. The Morgan fingerprint density at radius 3 is 1.63 bits per heavy atom. The number of aromatic nitrogens is 8. The van der Waals surface area contributed by atoms with Crippen molar-refractivity contribution in [2.24, 2.45) is 0 Å². The first kappa shape index (κ1) is 39.5. The molecule has 0 N–H and O–H groups in total. The topological polar surface area (TPSA) is 113 Å². The van der Waals surface area contributed by atoms with Gasteiger partial charge in [-0.3, -0.25) is 19.1 Å². The van der Waals surface area contributed by atoms with E-state index in [0.717, 1.165) is 12.1 Å². The van der Waals surface area contributed by atoms with E-state index in [1.165, 1.54) is 47.8 Å². The van der Waals surface area contributed by atoms with Crippen LogP contribution in [-0.4, -0.2) is 39.5 Å². The summed E-state index contributed by atoms with van der Waals surface area (Å²) in [6.45, 7) is 0.735. The quantitative estimate of drug-likeness (QED) is 0.0870. The molecule has 6 aromatic heterocycles. The van der Waals surface area contributed by atoms with Crippen LogP contribution in [0.5, 0.6) is 0 Å². The highest BCUT2D eigenvalue weighted by Gasteiger charge is 2.31. The number of furan rings is 2. The minimum absolute atomic E-state index is 0.00874. The molecule has 6 heterocycles. The molecule has 290 valence electrons. The Morgan fingerprint density at radius 1 is 0.614 bits per heavy atom. The van der Waals surface area contributed by atoms with E-state index in [9.17, 15) is 22.0 Å². The van der Waals surface area contributed by atoms with Gasteiger partial charge in [0.2, 0.25) is 0 Å². The van der Waals surface area contributed by atoms with Gasteiger partial charge in [0.05, 0.1) is 31.2 Å². The summed E-state index contributed by atoms with van der Waals surface area (Å²) in [4.78, 5) is 8.63. The van der Waals surface area contributed by atoms with E-state index in [4.69, 9.17) is 20.4 Å². The van der Waals surface area contributed by atoms with Gasteiger partial charge < -0.3 is 8.83 Å². The molecule has 0 aliphatic carbocycles. The number of benzene rings is 2. The van der Waals surface area contributed by atoms with Crippen molar-refractivity contribution in [3.8, 4) is 23.0 Å². The van der Waals surface area contributed by atoms with Crippen molar-refractivity contribution >= 4 is 35.1 Å². The lowest BCUT2D eigenvalue weighted by molar-refractivity contribution is -0.137. The normalized spacial score (nSPS) is 11.4. The third kappa shape index (κ3) is 9.79. The van der Waals surface area contributed by atoms with Crippen LogP contribution in [0.4, 0.5) is 22.0 Å². The molecule has 2 aromatic carbocycles. The van der Waals surface area contributed by atoms with Gasteiger partial charge in [-0.25, -0.2) is 8.78 Å². The van der Waals surface area contributed by atoms with E-state index < -0.39 is 23.4 Å². The molecular formula is C39H28ClF5N8O2S2. The average molecular weight is 835 g/mol. The van der Waals surface area contributed by atoms with Gasteiger partial charge in [0.15, 0.2) is 22.0 Å². The summed E-state index contributed by atoms with van der Waals surface area (Å²) < 4.78 is 81.4. The van der Waals surface area contributed by atoms with Crippen LogP contribution in [-0.2, 0) is 30.8 Å². The summed E-state index contributed by atoms with van der Waals surface area (Å²) in [7, 11) is 0. The minimum Gasteiger partial charge on any atom is -0.467 e. The molecule has 0 spiro atoms. The lowest BCUT2D eigenvalue weighted by Gasteiger charge is -2.11. The third-order valence-corrected chi connectivity index (χ3v) is 10.5. The molecule has 0 aliphatic rings. The zero-order valence-electron chi connectivity index (χ0n) is 29.4. The Balaban J connectivity index is 0.000000175. The first-order valence-electron chi connectivity index (χ1n) is 16.9. The largest absolute Gasteiger partial charge is 0.467 e. The summed E-state index contributed by atoms with van der Waals surface area (Å²) in [6.07, 6.45) is 2.03. The lowest BCUT2D eigenvalue weighted by atomic mass is 10.1. The van der Waals surface area contributed by atoms with Crippen molar-refractivity contribution in [3.63, 3.8) is 0 Å². The molecule has 0 amide bonds. The number of hydrogen-bond acceptors (Lipinski definition) is 10. The van der Waals surface area contributed by atoms with Gasteiger partial charge in [0.25, 0.3) is 0 Å². The molecule has 10 nitrogen and oxygen atoms in total. The van der Waals surface area contributed by atoms with Crippen molar-refractivity contribution in [1.29, 1.82) is 0 Å². The van der Waals surface area contributed by atoms with E-state index in [2.05, 4.69) is 30.4 Å². The second-order valence-corrected chi connectivity index (χ2v) is 14.2. The molecule has 0 saturated carbocycles. The highest BCUT2D eigenvalue weighted by atomic mass is 35.5. The van der Waals surface area contributed by atoms with Gasteiger partial charge in [0.1, 0.15) is 34.5 Å². The van der Waals surface area contributed by atoms with Crippen molar-refractivity contribution in [1.82, 2.24) is 39.5 Å². The molecule has 0 aliphatic heterocycles. The Bertz CT molecular complexity index is 2500.